The monoisotopic (exact) mass is 1180 g/mol. The number of aliphatic hydroxyl groups is 1. The first-order chi connectivity index (χ1) is 37.9. The molecule has 0 bridgehead atoms. The summed E-state index contributed by atoms with van der Waals surface area (Å²) < 4.78 is 26.4. The molecule has 0 radical (unpaired) electrons. The zero-order valence-corrected chi connectivity index (χ0v) is 51.2. The van der Waals surface area contributed by atoms with Gasteiger partial charge in [0.05, 0.1) is 79.8 Å². The zero-order chi connectivity index (χ0) is 60.0. The number of halogens is 1. The number of nitrogens with zero attached hydrogens (tertiary/aromatic N) is 3. The van der Waals surface area contributed by atoms with Gasteiger partial charge in [-0.15, -0.1) is 12.4 Å². The summed E-state index contributed by atoms with van der Waals surface area (Å²) in [6.07, 6.45) is 1.03. The Morgan fingerprint density at radius 3 is 1.22 bits per heavy atom. The van der Waals surface area contributed by atoms with Crippen molar-refractivity contribution >= 4 is 76.5 Å². The normalized spacial score (nSPS) is 16.2. The van der Waals surface area contributed by atoms with Gasteiger partial charge in [-0.2, -0.15) is 0 Å². The predicted octanol–water partition coefficient (Wildman–Crippen LogP) is 9.02. The number of aliphatic hydroxyl groups excluding tert-OH is 1. The SMILES string of the molecule is C.CC[C@H](C)[C@H](N)C(=O)Nc1ccccc1N1CCOCC1.CC[C@H](C)[C@H](NC(=O)OC(C)(C)C)C(=O)Nc1ccccc1N1CCOCC1.CC[C@H](C)[C@H](NC(=O)OC(C)(C)C)C(=O)O.CO.Cl.Nc1ccccc1N1CCOCC1. The third kappa shape index (κ3) is 27.8. The number of morpholine rings is 3. The Bertz CT molecular complexity index is 2300. The minimum absolute atomic E-state index is 0. The zero-order valence-electron chi connectivity index (χ0n) is 50.4. The van der Waals surface area contributed by atoms with E-state index in [1.807, 2.05) is 101 Å². The molecule has 466 valence electrons. The number of rotatable bonds is 16. The molecule has 21 nitrogen and oxygen atoms in total. The molecule has 22 heteroatoms. The quantitative estimate of drug-likeness (QED) is 0.0621. The van der Waals surface area contributed by atoms with Gasteiger partial charge < -0.3 is 81.3 Å². The van der Waals surface area contributed by atoms with Crippen LogP contribution in [0.3, 0.4) is 0 Å². The van der Waals surface area contributed by atoms with Crippen molar-refractivity contribution in [1.29, 1.82) is 0 Å². The van der Waals surface area contributed by atoms with Crippen LogP contribution in [0, 0.1) is 17.8 Å². The van der Waals surface area contributed by atoms with Gasteiger partial charge in [-0.1, -0.05) is 105 Å². The number of carboxylic acid groups (broad SMARTS) is 1. The van der Waals surface area contributed by atoms with Crippen LogP contribution >= 0.6 is 12.4 Å². The Hall–Kier alpha value is -6.10. The van der Waals surface area contributed by atoms with E-state index in [0.717, 1.165) is 107 Å². The van der Waals surface area contributed by atoms with Crippen molar-refractivity contribution in [2.24, 2.45) is 23.5 Å². The topological polar surface area (TPSA) is 282 Å². The predicted molar refractivity (Wildman–Crippen MR) is 333 cm³/mol. The summed E-state index contributed by atoms with van der Waals surface area (Å²) in [5.41, 5.74) is 16.2. The van der Waals surface area contributed by atoms with E-state index in [1.54, 1.807) is 48.5 Å². The van der Waals surface area contributed by atoms with E-state index in [-0.39, 0.29) is 49.4 Å². The van der Waals surface area contributed by atoms with E-state index in [1.165, 1.54) is 0 Å². The fourth-order valence-electron chi connectivity index (χ4n) is 8.09. The lowest BCUT2D eigenvalue weighted by molar-refractivity contribution is -0.140. The minimum Gasteiger partial charge on any atom is -0.480 e. The molecule has 0 unspecified atom stereocenters. The second-order valence-electron chi connectivity index (χ2n) is 21.6. The molecule has 3 aliphatic heterocycles. The molecule has 0 aromatic heterocycles. The van der Waals surface area contributed by atoms with Crippen LogP contribution in [0.25, 0.3) is 0 Å². The van der Waals surface area contributed by atoms with Crippen LogP contribution in [-0.4, -0.2) is 156 Å². The number of nitrogen functional groups attached to an aromatic ring is 1. The standard InChI is InChI=1S/C21H33N3O4.C16H25N3O2.C11H21NO4.C10H14N2O.CH4O.CH4.ClH/c1-6-15(2)18(23-20(26)28-21(3,4)5)19(25)22-16-9-7-8-10-17(16)24-11-13-27-14-12-24;1-3-12(2)15(17)16(20)18-13-6-4-5-7-14(13)19-8-10-21-11-9-19;1-6-7(2)8(9(13)14)12-10(15)16-11(3,4)5;11-9-3-1-2-4-10(9)12-5-7-13-8-6-12;1-2;;/h7-10,15,18H,6,11-14H2,1-5H3,(H,22,25)(H,23,26);4-7,12,15H,3,8-11,17H2,1-2H3,(H,18,20);7-8H,6H2,1-5H3,(H,12,15)(H,13,14);1-4H,5-8,11H2;2H,1H3;1H4;1H/t15-,18-;12-,15-;7-,8-;;;;/m000..../s1. The molecule has 3 aliphatic rings. The third-order valence-corrected chi connectivity index (χ3v) is 13.2. The molecular weight excluding hydrogens is 1070 g/mol. The van der Waals surface area contributed by atoms with E-state index in [4.69, 9.17) is 45.4 Å². The van der Waals surface area contributed by atoms with Crippen LogP contribution in [0.15, 0.2) is 72.8 Å². The number of alkyl carbamates (subject to hydrolysis) is 2. The number of nitrogens with one attached hydrogen (secondary N) is 4. The first kappa shape index (κ1) is 75.9. The summed E-state index contributed by atoms with van der Waals surface area (Å²) in [7, 11) is 1.00. The Balaban J connectivity index is 0.00000109. The van der Waals surface area contributed by atoms with Gasteiger partial charge in [0, 0.05) is 46.4 Å². The lowest BCUT2D eigenvalue weighted by atomic mass is 9.98. The maximum Gasteiger partial charge on any atom is 0.408 e. The number of ether oxygens (including phenoxy) is 5. The highest BCUT2D eigenvalue weighted by Gasteiger charge is 2.30. The average Bonchev–Trinajstić information content (AvgIpc) is 3.44. The Morgan fingerprint density at radius 2 is 0.866 bits per heavy atom. The molecule has 3 aromatic carbocycles. The highest BCUT2D eigenvalue weighted by molar-refractivity contribution is 5.99. The molecule has 3 aromatic rings. The lowest BCUT2D eigenvalue weighted by Gasteiger charge is -2.31. The summed E-state index contributed by atoms with van der Waals surface area (Å²) >= 11 is 0. The van der Waals surface area contributed by atoms with Crippen LogP contribution in [0.5, 0.6) is 0 Å². The molecule has 3 saturated heterocycles. The van der Waals surface area contributed by atoms with Gasteiger partial charge in [0.1, 0.15) is 23.3 Å². The number of amides is 4. The number of carboxylic acids is 1. The van der Waals surface area contributed by atoms with E-state index in [2.05, 4.69) is 42.0 Å². The third-order valence-electron chi connectivity index (χ3n) is 13.2. The van der Waals surface area contributed by atoms with Crippen molar-refractivity contribution in [1.82, 2.24) is 10.6 Å². The number of aliphatic carboxylic acids is 1. The molecule has 0 spiro atoms. The molecule has 0 aliphatic carbocycles. The molecular formula is C60H102ClN9O12. The van der Waals surface area contributed by atoms with Crippen molar-refractivity contribution in [3.05, 3.63) is 72.8 Å². The van der Waals surface area contributed by atoms with Crippen LogP contribution in [0.2, 0.25) is 0 Å². The first-order valence-electron chi connectivity index (χ1n) is 27.9. The van der Waals surface area contributed by atoms with Crippen molar-refractivity contribution in [3.63, 3.8) is 0 Å². The number of hydrogen-bond acceptors (Lipinski definition) is 16. The summed E-state index contributed by atoms with van der Waals surface area (Å²) in [5.74, 6) is -1.42. The average molecular weight is 1180 g/mol. The van der Waals surface area contributed by atoms with Crippen LogP contribution < -0.4 is 47.4 Å². The highest BCUT2D eigenvalue weighted by Crippen LogP contribution is 2.29. The molecule has 4 amide bonds. The van der Waals surface area contributed by atoms with E-state index < -0.39 is 47.5 Å². The van der Waals surface area contributed by atoms with Crippen LogP contribution in [0.1, 0.15) is 110 Å². The molecule has 3 heterocycles. The van der Waals surface area contributed by atoms with Crippen LogP contribution in [0.4, 0.5) is 43.7 Å². The van der Waals surface area contributed by atoms with Gasteiger partial charge >= 0.3 is 18.2 Å². The lowest BCUT2D eigenvalue weighted by Crippen LogP contribution is -2.49. The Morgan fingerprint density at radius 1 is 0.549 bits per heavy atom. The number of hydrogen-bond donors (Lipinski definition) is 8. The van der Waals surface area contributed by atoms with Gasteiger partial charge in [-0.05, 0) is 95.7 Å². The van der Waals surface area contributed by atoms with E-state index in [9.17, 15) is 24.0 Å². The fraction of sp³-hybridized carbons (Fsp3) is 0.617. The van der Waals surface area contributed by atoms with Crippen molar-refractivity contribution in [3.8, 4) is 0 Å². The Labute approximate surface area is 495 Å². The second-order valence-corrected chi connectivity index (χ2v) is 21.6. The maximum absolute atomic E-state index is 13.0. The minimum atomic E-state index is -1.04. The summed E-state index contributed by atoms with van der Waals surface area (Å²) in [6, 6.07) is 21.5. The molecule has 10 N–H and O–H groups in total. The number of benzene rings is 3. The molecule has 6 atom stereocenters. The maximum atomic E-state index is 13.0. The van der Waals surface area contributed by atoms with Gasteiger partial charge in [0.15, 0.2) is 0 Å². The van der Waals surface area contributed by atoms with Crippen molar-refractivity contribution in [2.45, 2.75) is 139 Å². The number of para-hydroxylation sites is 6. The number of nitrogens with two attached hydrogens (primary N) is 2. The first-order valence-corrected chi connectivity index (χ1v) is 27.9. The molecule has 3 fully saturated rings. The molecule has 0 saturated carbocycles. The molecule has 82 heavy (non-hydrogen) atoms. The smallest absolute Gasteiger partial charge is 0.408 e. The summed E-state index contributed by atoms with van der Waals surface area (Å²) in [6.45, 7) is 31.7. The summed E-state index contributed by atoms with van der Waals surface area (Å²) in [4.78, 5) is 66.5. The van der Waals surface area contributed by atoms with Gasteiger partial charge in [-0.25, -0.2) is 14.4 Å². The van der Waals surface area contributed by atoms with E-state index in [0.29, 0.717) is 32.8 Å². The van der Waals surface area contributed by atoms with Gasteiger partial charge in [-0.3, -0.25) is 9.59 Å². The number of carbonyl (C=O) groups excluding carboxylic acids is 4. The highest BCUT2D eigenvalue weighted by atomic mass is 35.5. The number of anilines is 6. The largest absolute Gasteiger partial charge is 0.480 e. The van der Waals surface area contributed by atoms with Gasteiger partial charge in [0.25, 0.3) is 0 Å². The molecule has 6 rings (SSSR count). The Kier molecular flexibility index (Phi) is 36.5. The number of carbonyl (C=O) groups is 5. The van der Waals surface area contributed by atoms with E-state index >= 15 is 0 Å². The fourth-order valence-corrected chi connectivity index (χ4v) is 8.09. The van der Waals surface area contributed by atoms with Gasteiger partial charge in [0.2, 0.25) is 11.8 Å². The van der Waals surface area contributed by atoms with Crippen molar-refractivity contribution in [2.75, 3.05) is 117 Å². The van der Waals surface area contributed by atoms with Crippen LogP contribution in [-0.2, 0) is 38.1 Å². The second kappa shape index (κ2) is 39.4. The van der Waals surface area contributed by atoms with Crippen molar-refractivity contribution < 1.29 is 57.9 Å². The summed E-state index contributed by atoms with van der Waals surface area (Å²) in [5, 5.41) is 27.0.